The number of hydrogen-bond acceptors (Lipinski definition) is 7. The van der Waals surface area contributed by atoms with Gasteiger partial charge in [0.2, 0.25) is 0 Å². The second-order valence-corrected chi connectivity index (χ2v) is 9.57. The number of fused-ring (bicyclic) bond motifs is 2. The van der Waals surface area contributed by atoms with Gasteiger partial charge in [0.25, 0.3) is 0 Å². The number of nitrogens with zero attached hydrogens (tertiary/aromatic N) is 6. The number of anilines is 1. The van der Waals surface area contributed by atoms with E-state index in [2.05, 4.69) is 40.3 Å². The SMILES string of the molecule is Cc1cncc(-c2cc3c(-c4nc5c(-c6cc(F)cc(NCCN(C)C)c6)cncc5[nH]4)n[nH]c3cn2)c1. The van der Waals surface area contributed by atoms with Crippen molar-refractivity contribution < 1.29 is 4.39 Å². The van der Waals surface area contributed by atoms with Crippen LogP contribution in [0.15, 0.2) is 61.3 Å². The minimum atomic E-state index is -0.327. The maximum atomic E-state index is 14.6. The van der Waals surface area contributed by atoms with E-state index in [-0.39, 0.29) is 5.82 Å². The molecule has 3 N–H and O–H groups in total. The number of aryl methyl sites for hydroxylation is 1. The number of aromatic nitrogens is 7. The molecule has 0 saturated carbocycles. The summed E-state index contributed by atoms with van der Waals surface area (Å²) >= 11 is 0. The Kier molecular flexibility index (Phi) is 6.01. The second-order valence-electron chi connectivity index (χ2n) is 9.57. The number of halogens is 1. The van der Waals surface area contributed by atoms with Crippen molar-refractivity contribution in [1.29, 1.82) is 0 Å². The van der Waals surface area contributed by atoms with Crippen LogP contribution in [0.1, 0.15) is 5.56 Å². The van der Waals surface area contributed by atoms with Crippen LogP contribution in [0.4, 0.5) is 10.1 Å². The predicted molar refractivity (Wildman–Crippen MR) is 147 cm³/mol. The lowest BCUT2D eigenvalue weighted by Gasteiger charge is -2.12. The Morgan fingerprint density at radius 3 is 2.63 bits per heavy atom. The van der Waals surface area contributed by atoms with Crippen LogP contribution >= 0.6 is 0 Å². The van der Waals surface area contributed by atoms with Gasteiger partial charge in [-0.15, -0.1) is 0 Å². The first-order valence-electron chi connectivity index (χ1n) is 12.2. The number of hydrogen-bond donors (Lipinski definition) is 3. The predicted octanol–water partition coefficient (Wildman–Crippen LogP) is 5.05. The van der Waals surface area contributed by atoms with Crippen LogP contribution in [-0.4, -0.2) is 67.2 Å². The maximum Gasteiger partial charge on any atom is 0.159 e. The highest BCUT2D eigenvalue weighted by atomic mass is 19.1. The van der Waals surface area contributed by atoms with Gasteiger partial charge in [-0.25, -0.2) is 9.37 Å². The molecule has 0 aliphatic carbocycles. The molecular formula is C28H26FN9. The zero-order chi connectivity index (χ0) is 26.2. The first-order chi connectivity index (χ1) is 18.4. The second kappa shape index (κ2) is 9.64. The maximum absolute atomic E-state index is 14.6. The Bertz CT molecular complexity index is 1770. The monoisotopic (exact) mass is 507 g/mol. The van der Waals surface area contributed by atoms with Crippen molar-refractivity contribution in [2.75, 3.05) is 32.5 Å². The molecule has 5 heterocycles. The Balaban J connectivity index is 1.40. The highest BCUT2D eigenvalue weighted by Crippen LogP contribution is 2.33. The number of H-pyrrole nitrogens is 2. The van der Waals surface area contributed by atoms with Crippen molar-refractivity contribution >= 4 is 27.6 Å². The molecule has 0 saturated heterocycles. The molecule has 190 valence electrons. The van der Waals surface area contributed by atoms with Crippen LogP contribution in [0, 0.1) is 12.7 Å². The average molecular weight is 508 g/mol. The third kappa shape index (κ3) is 4.57. The van der Waals surface area contributed by atoms with E-state index in [1.165, 1.54) is 12.1 Å². The number of benzene rings is 1. The lowest BCUT2D eigenvalue weighted by atomic mass is 10.1. The Morgan fingerprint density at radius 2 is 1.79 bits per heavy atom. The van der Waals surface area contributed by atoms with Gasteiger partial charge in [-0.2, -0.15) is 5.10 Å². The van der Waals surface area contributed by atoms with Crippen molar-refractivity contribution in [3.63, 3.8) is 0 Å². The molecule has 6 aromatic rings. The topological polar surface area (TPSA) is 111 Å². The van der Waals surface area contributed by atoms with E-state index in [0.29, 0.717) is 34.8 Å². The van der Waals surface area contributed by atoms with Gasteiger partial charge >= 0.3 is 0 Å². The first kappa shape index (κ1) is 23.7. The lowest BCUT2D eigenvalue weighted by molar-refractivity contribution is 0.425. The molecule has 0 amide bonds. The number of imidazole rings is 1. The number of rotatable bonds is 7. The third-order valence-electron chi connectivity index (χ3n) is 6.33. The largest absolute Gasteiger partial charge is 0.384 e. The molecule has 0 radical (unpaired) electrons. The van der Waals surface area contributed by atoms with E-state index in [4.69, 9.17) is 4.98 Å². The van der Waals surface area contributed by atoms with Crippen LogP contribution in [0.5, 0.6) is 0 Å². The van der Waals surface area contributed by atoms with Crippen LogP contribution in [0.2, 0.25) is 0 Å². The summed E-state index contributed by atoms with van der Waals surface area (Å²) in [7, 11) is 4.00. The zero-order valence-corrected chi connectivity index (χ0v) is 21.2. The molecule has 0 aliphatic heterocycles. The lowest BCUT2D eigenvalue weighted by Crippen LogP contribution is -2.20. The summed E-state index contributed by atoms with van der Waals surface area (Å²) in [5.74, 6) is 0.257. The number of nitrogens with one attached hydrogen (secondary N) is 3. The van der Waals surface area contributed by atoms with Crippen molar-refractivity contribution in [1.82, 2.24) is 40.0 Å². The van der Waals surface area contributed by atoms with Gasteiger partial charge in [0.05, 0.1) is 34.6 Å². The molecule has 0 unspecified atom stereocenters. The van der Waals surface area contributed by atoms with Crippen molar-refractivity contribution in [2.45, 2.75) is 6.92 Å². The highest BCUT2D eigenvalue weighted by Gasteiger charge is 2.17. The van der Waals surface area contributed by atoms with Crippen LogP contribution in [0.3, 0.4) is 0 Å². The highest BCUT2D eigenvalue weighted by molar-refractivity contribution is 5.97. The summed E-state index contributed by atoms with van der Waals surface area (Å²) in [4.78, 5) is 23.5. The van der Waals surface area contributed by atoms with E-state index in [0.717, 1.165) is 45.3 Å². The van der Waals surface area contributed by atoms with Crippen molar-refractivity contribution in [3.05, 3.63) is 72.7 Å². The molecule has 38 heavy (non-hydrogen) atoms. The fraction of sp³-hybridized carbons (Fsp3) is 0.179. The van der Waals surface area contributed by atoms with Crippen molar-refractivity contribution in [3.8, 4) is 33.9 Å². The fourth-order valence-corrected chi connectivity index (χ4v) is 4.48. The standard InChI is InChI=1S/C28H26FN9/c1-16-6-18(12-30-11-16)23-10-21-24(15-33-23)36-37-27(21)28-34-25-14-31-13-22(26(25)35-28)17-7-19(29)9-20(8-17)32-4-5-38(2)3/h6-15,32H,4-5H2,1-3H3,(H,34,35)(H,36,37). The summed E-state index contributed by atoms with van der Waals surface area (Å²) in [5, 5.41) is 11.7. The van der Waals surface area contributed by atoms with Gasteiger partial charge in [-0.3, -0.25) is 20.1 Å². The number of aromatic amines is 2. The molecule has 9 nitrogen and oxygen atoms in total. The van der Waals surface area contributed by atoms with Gasteiger partial charge in [-0.05, 0) is 62.5 Å². The van der Waals surface area contributed by atoms with Gasteiger partial charge < -0.3 is 15.2 Å². The summed E-state index contributed by atoms with van der Waals surface area (Å²) in [5.41, 5.74) is 7.79. The molecule has 0 atom stereocenters. The van der Waals surface area contributed by atoms with Gasteiger partial charge in [0, 0.05) is 53.9 Å². The molecular weight excluding hydrogens is 481 g/mol. The summed E-state index contributed by atoms with van der Waals surface area (Å²) in [6, 6.07) is 8.94. The van der Waals surface area contributed by atoms with E-state index in [1.54, 1.807) is 24.8 Å². The molecule has 0 aliphatic rings. The average Bonchev–Trinajstić information content (AvgIpc) is 3.51. The molecule has 0 spiro atoms. The molecule has 0 fully saturated rings. The molecule has 0 bridgehead atoms. The Labute approximate surface area is 218 Å². The molecule has 5 aromatic heterocycles. The third-order valence-corrected chi connectivity index (χ3v) is 6.33. The van der Waals surface area contributed by atoms with Crippen LogP contribution < -0.4 is 5.32 Å². The number of pyridine rings is 3. The van der Waals surface area contributed by atoms with Gasteiger partial charge in [-0.1, -0.05) is 0 Å². The summed E-state index contributed by atoms with van der Waals surface area (Å²) in [6.07, 6.45) is 8.79. The Hall–Kier alpha value is -4.70. The Morgan fingerprint density at radius 1 is 0.921 bits per heavy atom. The van der Waals surface area contributed by atoms with E-state index in [1.807, 2.05) is 45.4 Å². The molecule has 1 aromatic carbocycles. The minimum Gasteiger partial charge on any atom is -0.384 e. The summed E-state index contributed by atoms with van der Waals surface area (Å²) in [6.45, 7) is 3.54. The molecule has 10 heteroatoms. The van der Waals surface area contributed by atoms with E-state index >= 15 is 0 Å². The summed E-state index contributed by atoms with van der Waals surface area (Å²) < 4.78 is 14.6. The zero-order valence-electron chi connectivity index (χ0n) is 21.2. The quantitative estimate of drug-likeness (QED) is 0.277. The van der Waals surface area contributed by atoms with Gasteiger partial charge in [0.15, 0.2) is 5.82 Å². The first-order valence-corrected chi connectivity index (χ1v) is 12.2. The van der Waals surface area contributed by atoms with Crippen LogP contribution in [0.25, 0.3) is 55.8 Å². The normalized spacial score (nSPS) is 11.6. The molecule has 6 rings (SSSR count). The smallest absolute Gasteiger partial charge is 0.159 e. The minimum absolute atomic E-state index is 0.327. The number of likely N-dealkylation sites (N-methyl/N-ethyl adjacent to an activating group) is 1. The van der Waals surface area contributed by atoms with Crippen molar-refractivity contribution in [2.24, 2.45) is 0 Å². The van der Waals surface area contributed by atoms with Gasteiger partial charge in [0.1, 0.15) is 11.5 Å². The van der Waals surface area contributed by atoms with E-state index in [9.17, 15) is 4.39 Å². The fourth-order valence-electron chi connectivity index (χ4n) is 4.48. The van der Waals surface area contributed by atoms with Crippen LogP contribution in [-0.2, 0) is 0 Å². The van der Waals surface area contributed by atoms with E-state index < -0.39 is 0 Å².